The Balaban J connectivity index is 1.05. The topological polar surface area (TPSA) is 89.1 Å². The molecule has 0 saturated carbocycles. The molecular formula is C66H51N3O3. The Morgan fingerprint density at radius 2 is 1.08 bits per heavy atom. The van der Waals surface area contributed by atoms with Crippen molar-refractivity contribution in [1.82, 2.24) is 15.0 Å². The fourth-order valence-corrected chi connectivity index (χ4v) is 9.81. The zero-order chi connectivity index (χ0) is 49.3. The van der Waals surface area contributed by atoms with E-state index in [4.69, 9.17) is 14.4 Å². The molecule has 0 bridgehead atoms. The average molecular weight is 934 g/mol. The number of allylic oxidation sites excluding steroid dienone is 2. The van der Waals surface area contributed by atoms with E-state index >= 15 is 0 Å². The van der Waals surface area contributed by atoms with Crippen molar-refractivity contribution in [3.05, 3.63) is 235 Å². The van der Waals surface area contributed by atoms with Gasteiger partial charge in [-0.3, -0.25) is 14.8 Å². The van der Waals surface area contributed by atoms with E-state index in [0.29, 0.717) is 12.1 Å². The molecule has 6 heteroatoms. The van der Waals surface area contributed by atoms with Crippen LogP contribution in [-0.4, -0.2) is 25.8 Å². The quantitative estimate of drug-likeness (QED) is 0.0970. The normalized spacial score (nSPS) is 11.6. The van der Waals surface area contributed by atoms with Gasteiger partial charge in [-0.2, -0.15) is 0 Å². The Morgan fingerprint density at radius 3 is 1.75 bits per heavy atom. The molecule has 4 aromatic heterocycles. The Morgan fingerprint density at radius 1 is 0.486 bits per heavy atom. The molecule has 0 aliphatic rings. The van der Waals surface area contributed by atoms with Gasteiger partial charge in [0.2, 0.25) is 5.71 Å². The zero-order valence-electron chi connectivity index (χ0n) is 40.6. The minimum atomic E-state index is -0.122. The van der Waals surface area contributed by atoms with E-state index < -0.39 is 0 Å². The number of carbonyl (C=O) groups is 1. The van der Waals surface area contributed by atoms with Gasteiger partial charge in [-0.1, -0.05) is 140 Å². The second kappa shape index (κ2) is 19.4. The first-order valence-corrected chi connectivity index (χ1v) is 24.4. The maximum Gasteiger partial charge on any atom is 0.227 e. The number of aliphatic hydroxyl groups is 1. The number of fused-ring (bicyclic) bond motifs is 3. The molecule has 0 saturated heterocycles. The highest BCUT2D eigenvalue weighted by Gasteiger charge is 2.19. The number of hydrogen-bond donors (Lipinski definition) is 1. The molecule has 11 rings (SSSR count). The van der Waals surface area contributed by atoms with Gasteiger partial charge in [0.15, 0.2) is 5.78 Å². The van der Waals surface area contributed by atoms with Crippen LogP contribution in [0.1, 0.15) is 35.7 Å². The van der Waals surface area contributed by atoms with E-state index in [1.54, 1.807) is 0 Å². The molecule has 0 aliphatic heterocycles. The second-order valence-corrected chi connectivity index (χ2v) is 18.6. The molecule has 4 heterocycles. The summed E-state index contributed by atoms with van der Waals surface area (Å²) in [5.74, 6) is -0.117. The average Bonchev–Trinajstić information content (AvgIpc) is 3.79. The molecule has 11 aromatic rings. The van der Waals surface area contributed by atoms with Gasteiger partial charge >= 0.3 is 0 Å². The lowest BCUT2D eigenvalue weighted by atomic mass is 9.86. The molecule has 0 radical (unpaired) electrons. The number of aliphatic hydroxyl groups excluding tert-OH is 1. The standard InChI is InChI=1S/C66H51N3O3/c1-41-33-64(67-39-42(41)2)47-24-22-46(23-25-47)56-15-8-10-17-58(56)52-36-51(55-31-27-48(45-13-6-5-7-14-45)35-49(55)26-29-54(71)34-44(4)70)37-53(38-52)59-18-11-9-16-57(59)50-28-32-63(68-40-50)62-20-12-19-60-61-30-21-43(3)69-66(61)72-65(60)62/h5-25,27-28,30-40,70H,26,29H2,1-4H3/b44-34-. The molecule has 1 N–H and O–H groups in total. The SMILES string of the molecule is C/C(O)=C/C(=O)CCc1cc(-c2ccccc2)ccc1-c1cc(-c2ccccc2-c2ccc(-c3cc(C)c(C)cn3)cc2)cc(-c2ccccc2-c2ccc(-c3cccc4c3oc3nc(C)ccc34)nc2)c1. The molecule has 0 aliphatic carbocycles. The Bertz CT molecular complexity index is 3860. The summed E-state index contributed by atoms with van der Waals surface area (Å²) in [6, 6.07) is 66.2. The van der Waals surface area contributed by atoms with Gasteiger partial charge in [0, 0.05) is 58.0 Å². The summed E-state index contributed by atoms with van der Waals surface area (Å²) < 4.78 is 6.37. The second-order valence-electron chi connectivity index (χ2n) is 18.6. The van der Waals surface area contributed by atoms with Crippen LogP contribution >= 0.6 is 0 Å². The number of nitrogens with zero attached hydrogens (tertiary/aromatic N) is 3. The van der Waals surface area contributed by atoms with Gasteiger partial charge < -0.3 is 9.52 Å². The van der Waals surface area contributed by atoms with Crippen molar-refractivity contribution < 1.29 is 14.3 Å². The zero-order valence-corrected chi connectivity index (χ0v) is 40.6. The highest BCUT2D eigenvalue weighted by atomic mass is 16.3. The molecule has 6 nitrogen and oxygen atoms in total. The van der Waals surface area contributed by atoms with Gasteiger partial charge in [-0.15, -0.1) is 0 Å². The van der Waals surface area contributed by atoms with Crippen LogP contribution in [0.2, 0.25) is 0 Å². The Kier molecular flexibility index (Phi) is 12.3. The number of hydrogen-bond acceptors (Lipinski definition) is 6. The number of benzene rings is 7. The predicted octanol–water partition coefficient (Wildman–Crippen LogP) is 17.0. The summed E-state index contributed by atoms with van der Waals surface area (Å²) in [5.41, 5.74) is 22.2. The lowest BCUT2D eigenvalue weighted by Gasteiger charge is -2.18. The summed E-state index contributed by atoms with van der Waals surface area (Å²) >= 11 is 0. The third-order valence-corrected chi connectivity index (χ3v) is 13.7. The number of para-hydroxylation sites is 1. The van der Waals surface area contributed by atoms with Crippen molar-refractivity contribution in [3.8, 4) is 89.3 Å². The number of rotatable bonds is 12. The van der Waals surface area contributed by atoms with Crippen LogP contribution in [0.5, 0.6) is 0 Å². The lowest BCUT2D eigenvalue weighted by Crippen LogP contribution is -2.00. The van der Waals surface area contributed by atoms with Crippen LogP contribution in [0.15, 0.2) is 217 Å². The van der Waals surface area contributed by atoms with Crippen molar-refractivity contribution in [2.24, 2.45) is 0 Å². The maximum absolute atomic E-state index is 13.1. The molecule has 348 valence electrons. The fourth-order valence-electron chi connectivity index (χ4n) is 9.81. The van der Waals surface area contributed by atoms with Crippen LogP contribution < -0.4 is 0 Å². The maximum atomic E-state index is 13.1. The molecule has 0 atom stereocenters. The van der Waals surface area contributed by atoms with Crippen LogP contribution in [0.4, 0.5) is 0 Å². The smallest absolute Gasteiger partial charge is 0.227 e. The Labute approximate surface area is 419 Å². The van der Waals surface area contributed by atoms with E-state index in [-0.39, 0.29) is 18.0 Å². The van der Waals surface area contributed by atoms with Gasteiger partial charge in [0.05, 0.1) is 17.1 Å². The molecule has 0 spiro atoms. The van der Waals surface area contributed by atoms with E-state index in [9.17, 15) is 9.90 Å². The van der Waals surface area contributed by atoms with Gasteiger partial charge in [-0.05, 0) is 161 Å². The summed E-state index contributed by atoms with van der Waals surface area (Å²) in [6.07, 6.45) is 5.95. The Hall–Kier alpha value is -9.00. The highest BCUT2D eigenvalue weighted by molar-refractivity contribution is 6.08. The first-order chi connectivity index (χ1) is 35.1. The van der Waals surface area contributed by atoms with Gasteiger partial charge in [0.1, 0.15) is 5.58 Å². The van der Waals surface area contributed by atoms with Crippen LogP contribution in [0, 0.1) is 20.8 Å². The van der Waals surface area contributed by atoms with E-state index in [1.165, 1.54) is 24.1 Å². The van der Waals surface area contributed by atoms with E-state index in [0.717, 1.165) is 117 Å². The summed E-state index contributed by atoms with van der Waals surface area (Å²) in [5, 5.41) is 12.0. The molecule has 72 heavy (non-hydrogen) atoms. The third kappa shape index (κ3) is 9.14. The predicted molar refractivity (Wildman–Crippen MR) is 295 cm³/mol. The van der Waals surface area contributed by atoms with Crippen molar-refractivity contribution >= 4 is 27.9 Å². The first kappa shape index (κ1) is 45.4. The van der Waals surface area contributed by atoms with Gasteiger partial charge in [0.25, 0.3) is 0 Å². The fraction of sp³-hybridized carbons (Fsp3) is 0.0909. The van der Waals surface area contributed by atoms with Crippen molar-refractivity contribution in [3.63, 3.8) is 0 Å². The number of furan rings is 1. The molecular weight excluding hydrogens is 883 g/mol. The molecule has 0 amide bonds. The number of aromatic nitrogens is 3. The molecule has 7 aromatic carbocycles. The van der Waals surface area contributed by atoms with Crippen LogP contribution in [-0.2, 0) is 11.2 Å². The third-order valence-electron chi connectivity index (χ3n) is 13.7. The summed E-state index contributed by atoms with van der Waals surface area (Å²) in [7, 11) is 0. The minimum absolute atomic E-state index is 0.00510. The largest absolute Gasteiger partial charge is 0.512 e. The van der Waals surface area contributed by atoms with E-state index in [2.05, 4.69) is 177 Å². The van der Waals surface area contributed by atoms with Crippen LogP contribution in [0.25, 0.3) is 111 Å². The summed E-state index contributed by atoms with van der Waals surface area (Å²) in [4.78, 5) is 27.6. The highest BCUT2D eigenvalue weighted by Crippen LogP contribution is 2.43. The van der Waals surface area contributed by atoms with Crippen molar-refractivity contribution in [1.29, 1.82) is 0 Å². The summed E-state index contributed by atoms with van der Waals surface area (Å²) in [6.45, 7) is 7.71. The lowest BCUT2D eigenvalue weighted by molar-refractivity contribution is -0.114. The van der Waals surface area contributed by atoms with Crippen molar-refractivity contribution in [2.75, 3.05) is 0 Å². The monoisotopic (exact) mass is 933 g/mol. The molecule has 0 unspecified atom stereocenters. The first-order valence-electron chi connectivity index (χ1n) is 24.4. The van der Waals surface area contributed by atoms with E-state index in [1.807, 2.05) is 49.6 Å². The number of carbonyl (C=O) groups excluding carboxylic acids is 1. The molecule has 0 fully saturated rings. The minimum Gasteiger partial charge on any atom is -0.512 e. The van der Waals surface area contributed by atoms with Crippen LogP contribution in [0.3, 0.4) is 0 Å². The van der Waals surface area contributed by atoms with Crippen molar-refractivity contribution in [2.45, 2.75) is 40.5 Å². The van der Waals surface area contributed by atoms with Gasteiger partial charge in [-0.25, -0.2) is 4.98 Å². The number of ketones is 1. The number of aryl methyl sites for hydroxylation is 4. The number of pyridine rings is 3.